The van der Waals surface area contributed by atoms with Crippen LogP contribution in [0.2, 0.25) is 5.02 Å². The van der Waals surface area contributed by atoms with Gasteiger partial charge in [-0.2, -0.15) is 5.10 Å². The molecule has 0 unspecified atom stereocenters. The smallest absolute Gasteiger partial charge is 0.172 e. The molecule has 152 valence electrons. The molecule has 0 aliphatic carbocycles. The van der Waals surface area contributed by atoms with Gasteiger partial charge in [0.15, 0.2) is 5.82 Å². The van der Waals surface area contributed by atoms with Crippen molar-refractivity contribution >= 4 is 35.8 Å². The summed E-state index contributed by atoms with van der Waals surface area (Å²) in [4.78, 5) is 13.3. The van der Waals surface area contributed by atoms with Crippen molar-refractivity contribution in [3.8, 4) is 5.82 Å². The lowest BCUT2D eigenvalue weighted by molar-refractivity contribution is 0.284. The molecule has 1 fully saturated rings. The Hall–Kier alpha value is -2.41. The van der Waals surface area contributed by atoms with E-state index in [-0.39, 0.29) is 12.4 Å². The Balaban J connectivity index is 0.00000240. The molecule has 1 aliphatic heterocycles. The molecule has 1 aliphatic rings. The molecule has 4 rings (SSSR count). The third-order valence-corrected chi connectivity index (χ3v) is 5.26. The van der Waals surface area contributed by atoms with Crippen molar-refractivity contribution in [2.24, 2.45) is 0 Å². The zero-order valence-corrected chi connectivity index (χ0v) is 17.9. The SMILES string of the molecule is Cc1c(/C=C/CN2CCN(c3cccc(Cl)c3)CC2)cnn1-c1cnccn1.Cl. The Kier molecular flexibility index (Phi) is 7.25. The second-order valence-electron chi connectivity index (χ2n) is 6.83. The number of halogens is 2. The minimum absolute atomic E-state index is 0. The normalized spacial score (nSPS) is 14.9. The summed E-state index contributed by atoms with van der Waals surface area (Å²) in [5, 5.41) is 5.23. The van der Waals surface area contributed by atoms with Crippen molar-refractivity contribution in [2.75, 3.05) is 37.6 Å². The molecule has 6 nitrogen and oxygen atoms in total. The lowest BCUT2D eigenvalue weighted by Crippen LogP contribution is -2.46. The van der Waals surface area contributed by atoms with Crippen molar-refractivity contribution in [2.45, 2.75) is 6.92 Å². The molecule has 0 saturated carbocycles. The first-order valence-electron chi connectivity index (χ1n) is 9.41. The minimum Gasteiger partial charge on any atom is -0.369 e. The van der Waals surface area contributed by atoms with Crippen molar-refractivity contribution in [3.05, 3.63) is 71.4 Å². The highest BCUT2D eigenvalue weighted by Gasteiger charge is 2.16. The number of anilines is 1. The number of piperazine rings is 1. The summed E-state index contributed by atoms with van der Waals surface area (Å²) in [5.41, 5.74) is 3.36. The summed E-state index contributed by atoms with van der Waals surface area (Å²) >= 11 is 6.11. The number of hydrogen-bond donors (Lipinski definition) is 0. The van der Waals surface area contributed by atoms with Gasteiger partial charge in [0.1, 0.15) is 0 Å². The summed E-state index contributed by atoms with van der Waals surface area (Å²) in [6, 6.07) is 8.09. The van der Waals surface area contributed by atoms with Gasteiger partial charge in [-0.05, 0) is 25.1 Å². The van der Waals surface area contributed by atoms with Crippen LogP contribution < -0.4 is 4.90 Å². The van der Waals surface area contributed by atoms with Crippen LogP contribution in [-0.4, -0.2) is 57.4 Å². The first kappa shape index (κ1) is 21.3. The van der Waals surface area contributed by atoms with E-state index in [1.165, 1.54) is 5.69 Å². The number of benzene rings is 1. The van der Waals surface area contributed by atoms with E-state index in [1.807, 2.05) is 36.0 Å². The van der Waals surface area contributed by atoms with Crippen LogP contribution in [-0.2, 0) is 0 Å². The molecule has 2 aromatic heterocycles. The fourth-order valence-electron chi connectivity index (χ4n) is 3.41. The van der Waals surface area contributed by atoms with Crippen LogP contribution in [0.4, 0.5) is 5.69 Å². The third-order valence-electron chi connectivity index (χ3n) is 5.02. The summed E-state index contributed by atoms with van der Waals surface area (Å²) in [7, 11) is 0. The molecule has 0 atom stereocenters. The van der Waals surface area contributed by atoms with Gasteiger partial charge in [0, 0.05) is 61.4 Å². The topological polar surface area (TPSA) is 50.1 Å². The molecule has 1 saturated heterocycles. The van der Waals surface area contributed by atoms with Gasteiger partial charge in [0.25, 0.3) is 0 Å². The van der Waals surface area contributed by atoms with Crippen LogP contribution in [0.3, 0.4) is 0 Å². The van der Waals surface area contributed by atoms with Gasteiger partial charge >= 0.3 is 0 Å². The molecule has 29 heavy (non-hydrogen) atoms. The van der Waals surface area contributed by atoms with Gasteiger partial charge in [-0.3, -0.25) is 9.88 Å². The van der Waals surface area contributed by atoms with Crippen LogP contribution in [0.15, 0.2) is 55.1 Å². The van der Waals surface area contributed by atoms with Crippen LogP contribution in [0.5, 0.6) is 0 Å². The van der Waals surface area contributed by atoms with Gasteiger partial charge in [-0.15, -0.1) is 12.4 Å². The average Bonchev–Trinajstić information content (AvgIpc) is 3.10. The highest BCUT2D eigenvalue weighted by atomic mass is 35.5. The second kappa shape index (κ2) is 9.87. The maximum absolute atomic E-state index is 6.11. The molecular formula is C21H24Cl2N6. The van der Waals surface area contributed by atoms with Crippen LogP contribution in [0.1, 0.15) is 11.3 Å². The molecular weight excluding hydrogens is 407 g/mol. The molecule has 3 heterocycles. The molecule has 0 bridgehead atoms. The fourth-order valence-corrected chi connectivity index (χ4v) is 3.59. The van der Waals surface area contributed by atoms with Gasteiger partial charge in [0.2, 0.25) is 0 Å². The highest BCUT2D eigenvalue weighted by molar-refractivity contribution is 6.30. The van der Waals surface area contributed by atoms with E-state index in [0.29, 0.717) is 0 Å². The number of hydrogen-bond acceptors (Lipinski definition) is 5. The van der Waals surface area contributed by atoms with E-state index >= 15 is 0 Å². The van der Waals surface area contributed by atoms with Crippen LogP contribution >= 0.6 is 24.0 Å². The van der Waals surface area contributed by atoms with E-state index in [4.69, 9.17) is 11.6 Å². The van der Waals surface area contributed by atoms with Crippen LogP contribution in [0.25, 0.3) is 11.9 Å². The number of nitrogens with zero attached hydrogens (tertiary/aromatic N) is 6. The maximum atomic E-state index is 6.11. The van der Waals surface area contributed by atoms with E-state index in [1.54, 1.807) is 18.6 Å². The minimum atomic E-state index is 0. The monoisotopic (exact) mass is 430 g/mol. The lowest BCUT2D eigenvalue weighted by Gasteiger charge is -2.35. The Morgan fingerprint density at radius 3 is 2.66 bits per heavy atom. The fraction of sp³-hybridized carbons (Fsp3) is 0.286. The summed E-state index contributed by atoms with van der Waals surface area (Å²) in [5.74, 6) is 0.733. The molecule has 1 aromatic carbocycles. The van der Waals surface area contributed by atoms with Crippen molar-refractivity contribution in [3.63, 3.8) is 0 Å². The highest BCUT2D eigenvalue weighted by Crippen LogP contribution is 2.21. The molecule has 3 aromatic rings. The van der Waals surface area contributed by atoms with E-state index in [9.17, 15) is 0 Å². The first-order valence-corrected chi connectivity index (χ1v) is 9.79. The predicted octanol–water partition coefficient (Wildman–Crippen LogP) is 3.88. The maximum Gasteiger partial charge on any atom is 0.172 e. The van der Waals surface area contributed by atoms with Crippen molar-refractivity contribution in [1.82, 2.24) is 24.6 Å². The number of rotatable bonds is 5. The summed E-state index contributed by atoms with van der Waals surface area (Å²) < 4.78 is 1.82. The predicted molar refractivity (Wildman–Crippen MR) is 120 cm³/mol. The average molecular weight is 431 g/mol. The second-order valence-corrected chi connectivity index (χ2v) is 7.27. The van der Waals surface area contributed by atoms with Crippen LogP contribution in [0, 0.1) is 6.92 Å². The lowest BCUT2D eigenvalue weighted by atomic mass is 10.2. The molecule has 0 spiro atoms. The summed E-state index contributed by atoms with van der Waals surface area (Å²) in [6.45, 7) is 7.07. The Bertz CT molecular complexity index is 949. The van der Waals surface area contributed by atoms with E-state index < -0.39 is 0 Å². The standard InChI is InChI=1S/C21H23ClN6.ClH/c1-17-18(15-25-28(17)21-16-23-7-8-24-21)4-3-9-26-10-12-27(13-11-26)20-6-2-5-19(22)14-20;/h2-8,14-16H,9-13H2,1H3;1H/b4-3+;. The van der Waals surface area contributed by atoms with Crippen molar-refractivity contribution < 1.29 is 0 Å². The zero-order chi connectivity index (χ0) is 19.3. The molecule has 0 amide bonds. The first-order chi connectivity index (χ1) is 13.7. The number of aromatic nitrogens is 4. The van der Waals surface area contributed by atoms with Gasteiger partial charge in [-0.1, -0.05) is 29.8 Å². The van der Waals surface area contributed by atoms with Gasteiger partial charge in [0.05, 0.1) is 18.1 Å². The quantitative estimate of drug-likeness (QED) is 0.614. The molecule has 0 radical (unpaired) electrons. The van der Waals surface area contributed by atoms with Gasteiger partial charge in [-0.25, -0.2) is 9.67 Å². The van der Waals surface area contributed by atoms with Crippen molar-refractivity contribution in [1.29, 1.82) is 0 Å². The third kappa shape index (κ3) is 5.15. The van der Waals surface area contributed by atoms with E-state index in [0.717, 1.165) is 54.8 Å². The molecule has 8 heteroatoms. The largest absolute Gasteiger partial charge is 0.369 e. The summed E-state index contributed by atoms with van der Waals surface area (Å²) in [6.07, 6.45) is 11.3. The van der Waals surface area contributed by atoms with Gasteiger partial charge < -0.3 is 4.90 Å². The molecule has 0 N–H and O–H groups in total. The zero-order valence-electron chi connectivity index (χ0n) is 16.3. The Morgan fingerprint density at radius 2 is 1.93 bits per heavy atom. The Morgan fingerprint density at radius 1 is 1.10 bits per heavy atom. The van der Waals surface area contributed by atoms with E-state index in [2.05, 4.69) is 43.1 Å². The Labute approximate surface area is 182 Å².